The summed E-state index contributed by atoms with van der Waals surface area (Å²) in [7, 11) is 0. The molecule has 3 rings (SSSR count). The summed E-state index contributed by atoms with van der Waals surface area (Å²) in [5.41, 5.74) is 6.23. The van der Waals surface area contributed by atoms with Crippen molar-refractivity contribution in [2.45, 2.75) is 12.5 Å². The third kappa shape index (κ3) is 4.69. The fourth-order valence-electron chi connectivity index (χ4n) is 2.96. The highest BCUT2D eigenvalue weighted by molar-refractivity contribution is 6.40. The highest BCUT2D eigenvalue weighted by atomic mass is 19.1. The normalized spacial score (nSPS) is 15.4. The summed E-state index contributed by atoms with van der Waals surface area (Å²) in [6.45, 7) is 0.409. The molecule has 10 nitrogen and oxygen atoms in total. The molecule has 0 saturated carbocycles. The number of nitrogens with two attached hydrogens (primary N) is 1. The molecule has 2 amide bonds. The van der Waals surface area contributed by atoms with E-state index in [1.807, 2.05) is 0 Å². The minimum Gasteiger partial charge on any atom is -0.378 e. The lowest BCUT2D eigenvalue weighted by Crippen LogP contribution is -2.40. The van der Waals surface area contributed by atoms with Gasteiger partial charge in [0.25, 0.3) is 11.6 Å². The van der Waals surface area contributed by atoms with Gasteiger partial charge in [0.1, 0.15) is 23.3 Å². The van der Waals surface area contributed by atoms with Crippen LogP contribution in [0.5, 0.6) is 0 Å². The molecule has 0 aliphatic carbocycles. The van der Waals surface area contributed by atoms with Crippen LogP contribution in [0.3, 0.4) is 0 Å². The smallest absolute Gasteiger partial charge is 0.292 e. The zero-order chi connectivity index (χ0) is 21.7. The molecule has 0 radical (unpaired) electrons. The Morgan fingerprint density at radius 2 is 1.90 bits per heavy atom. The Morgan fingerprint density at radius 3 is 2.57 bits per heavy atom. The maximum Gasteiger partial charge on any atom is 0.292 e. The van der Waals surface area contributed by atoms with Crippen molar-refractivity contribution in [3.05, 3.63) is 64.5 Å². The fourth-order valence-corrected chi connectivity index (χ4v) is 2.96. The van der Waals surface area contributed by atoms with Crippen LogP contribution in [-0.2, 0) is 9.59 Å². The lowest BCUT2D eigenvalue weighted by Gasteiger charge is -2.20. The Hall–Kier alpha value is -4.02. The topological polar surface area (TPSA) is 143 Å². The number of nitro benzene ring substituents is 1. The van der Waals surface area contributed by atoms with Crippen LogP contribution in [-0.4, -0.2) is 41.6 Å². The first-order valence-corrected chi connectivity index (χ1v) is 9.04. The van der Waals surface area contributed by atoms with Crippen molar-refractivity contribution >= 4 is 34.6 Å². The number of rotatable bonds is 8. The first-order chi connectivity index (χ1) is 14.4. The second-order valence-electron chi connectivity index (χ2n) is 6.45. The Labute approximate surface area is 170 Å². The van der Waals surface area contributed by atoms with Gasteiger partial charge in [-0.2, -0.15) is 5.10 Å². The number of nitrogens with one attached hydrogen (secondary N) is 2. The van der Waals surface area contributed by atoms with Crippen molar-refractivity contribution in [1.82, 2.24) is 5.32 Å². The molecule has 1 unspecified atom stereocenters. The zero-order valence-electron chi connectivity index (χ0n) is 15.7. The number of carbonyl (C=O) groups excluding carboxylic acids is 2. The summed E-state index contributed by atoms with van der Waals surface area (Å²) in [5, 5.41) is 22.0. The molecule has 11 heteroatoms. The summed E-state index contributed by atoms with van der Waals surface area (Å²) in [6.07, 6.45) is 0.0100. The van der Waals surface area contributed by atoms with Gasteiger partial charge in [0.2, 0.25) is 5.91 Å². The van der Waals surface area contributed by atoms with Crippen molar-refractivity contribution in [3.8, 4) is 0 Å². The average Bonchev–Trinajstić information content (AvgIpc) is 3.18. The molecular weight excluding hydrogens is 395 g/mol. The summed E-state index contributed by atoms with van der Waals surface area (Å²) in [4.78, 5) is 34.7. The molecule has 156 valence electrons. The van der Waals surface area contributed by atoms with Gasteiger partial charge in [0, 0.05) is 25.6 Å². The van der Waals surface area contributed by atoms with Crippen LogP contribution in [0.4, 0.5) is 21.5 Å². The van der Waals surface area contributed by atoms with Gasteiger partial charge >= 0.3 is 0 Å². The van der Waals surface area contributed by atoms with Crippen LogP contribution >= 0.6 is 0 Å². The minimum absolute atomic E-state index is 0.0100. The van der Waals surface area contributed by atoms with Gasteiger partial charge in [-0.1, -0.05) is 12.1 Å². The van der Waals surface area contributed by atoms with E-state index in [-0.39, 0.29) is 30.9 Å². The van der Waals surface area contributed by atoms with Crippen molar-refractivity contribution in [3.63, 3.8) is 0 Å². The van der Waals surface area contributed by atoms with E-state index in [9.17, 15) is 24.1 Å². The van der Waals surface area contributed by atoms with Gasteiger partial charge in [-0.25, -0.2) is 4.39 Å². The number of nitrogens with zero attached hydrogens (tertiary/aromatic N) is 3. The van der Waals surface area contributed by atoms with Crippen LogP contribution < -0.4 is 21.4 Å². The van der Waals surface area contributed by atoms with Gasteiger partial charge in [-0.05, 0) is 30.3 Å². The molecule has 1 heterocycles. The minimum atomic E-state index is -0.860. The third-order valence-corrected chi connectivity index (χ3v) is 4.42. The molecule has 0 aromatic heterocycles. The van der Waals surface area contributed by atoms with E-state index in [2.05, 4.69) is 15.7 Å². The molecule has 0 saturated heterocycles. The standard InChI is InChI=1S/C19H19FN6O4/c20-12-5-7-13(8-6-12)25-17(18(21)27)11-15(24-25)19(28)23-10-9-22-14-3-1-2-4-16(14)26(29)30/h1-8,17,22H,9-11H2,(H2,21,27)(H,23,28). The largest absolute Gasteiger partial charge is 0.378 e. The lowest BCUT2D eigenvalue weighted by atomic mass is 10.1. The Bertz CT molecular complexity index is 995. The quantitative estimate of drug-likeness (QED) is 0.338. The summed E-state index contributed by atoms with van der Waals surface area (Å²) in [6, 6.07) is 10.6. The van der Waals surface area contributed by atoms with Crippen LogP contribution in [0.2, 0.25) is 0 Å². The first kappa shape index (κ1) is 20.7. The highest BCUT2D eigenvalue weighted by Gasteiger charge is 2.34. The average molecular weight is 414 g/mol. The SMILES string of the molecule is NC(=O)C1CC(C(=O)NCCNc2ccccc2[N+](=O)[O-])=NN1c1ccc(F)cc1. The second-order valence-corrected chi connectivity index (χ2v) is 6.45. The van der Waals surface area contributed by atoms with E-state index < -0.39 is 28.6 Å². The van der Waals surface area contributed by atoms with Gasteiger partial charge in [-0.15, -0.1) is 0 Å². The maximum absolute atomic E-state index is 13.1. The van der Waals surface area contributed by atoms with E-state index in [0.29, 0.717) is 11.4 Å². The van der Waals surface area contributed by atoms with E-state index in [1.165, 1.54) is 35.3 Å². The third-order valence-electron chi connectivity index (χ3n) is 4.42. The summed E-state index contributed by atoms with van der Waals surface area (Å²) in [5.74, 6) is -1.60. The second kappa shape index (κ2) is 8.99. The molecule has 1 aliphatic heterocycles. The number of para-hydroxylation sites is 2. The zero-order valence-corrected chi connectivity index (χ0v) is 15.7. The van der Waals surface area contributed by atoms with Crippen molar-refractivity contribution in [2.75, 3.05) is 23.4 Å². The first-order valence-electron chi connectivity index (χ1n) is 9.04. The van der Waals surface area contributed by atoms with Crippen molar-refractivity contribution < 1.29 is 18.9 Å². The predicted octanol–water partition coefficient (Wildman–Crippen LogP) is 1.38. The molecule has 1 atom stereocenters. The van der Waals surface area contributed by atoms with Crippen molar-refractivity contribution in [1.29, 1.82) is 0 Å². The molecule has 2 aromatic rings. The molecule has 4 N–H and O–H groups in total. The number of primary amides is 1. The predicted molar refractivity (Wildman–Crippen MR) is 109 cm³/mol. The molecule has 0 bridgehead atoms. The number of amides is 2. The number of hydrogen-bond donors (Lipinski definition) is 3. The van der Waals surface area contributed by atoms with Gasteiger partial charge in [0.15, 0.2) is 0 Å². The molecule has 0 spiro atoms. The fraction of sp³-hybridized carbons (Fsp3) is 0.211. The Kier molecular flexibility index (Phi) is 6.20. The van der Waals surface area contributed by atoms with Crippen LogP contribution in [0.25, 0.3) is 0 Å². The lowest BCUT2D eigenvalue weighted by molar-refractivity contribution is -0.384. The monoisotopic (exact) mass is 414 g/mol. The molecule has 1 aliphatic rings. The number of hydrogen-bond acceptors (Lipinski definition) is 7. The number of anilines is 2. The van der Waals surface area contributed by atoms with Gasteiger partial charge in [0.05, 0.1) is 10.6 Å². The van der Waals surface area contributed by atoms with Crippen molar-refractivity contribution in [2.24, 2.45) is 10.8 Å². The van der Waals surface area contributed by atoms with E-state index in [1.54, 1.807) is 18.2 Å². The van der Waals surface area contributed by atoms with E-state index in [4.69, 9.17) is 5.73 Å². The molecule has 0 fully saturated rings. The number of carbonyl (C=O) groups is 2. The van der Waals surface area contributed by atoms with Crippen LogP contribution in [0.15, 0.2) is 53.6 Å². The van der Waals surface area contributed by atoms with Gasteiger partial charge < -0.3 is 16.4 Å². The maximum atomic E-state index is 13.1. The Balaban J connectivity index is 1.60. The van der Waals surface area contributed by atoms with Gasteiger partial charge in [-0.3, -0.25) is 24.7 Å². The van der Waals surface area contributed by atoms with E-state index >= 15 is 0 Å². The van der Waals surface area contributed by atoms with Crippen LogP contribution in [0, 0.1) is 15.9 Å². The number of nitro groups is 1. The van der Waals surface area contributed by atoms with Crippen LogP contribution in [0.1, 0.15) is 6.42 Å². The summed E-state index contributed by atoms with van der Waals surface area (Å²) < 4.78 is 13.1. The molecular formula is C19H19FN6O4. The Morgan fingerprint density at radius 1 is 1.20 bits per heavy atom. The van der Waals surface area contributed by atoms with E-state index in [0.717, 1.165) is 0 Å². The number of hydrazone groups is 1. The molecule has 30 heavy (non-hydrogen) atoms. The number of halogens is 1. The summed E-state index contributed by atoms with van der Waals surface area (Å²) >= 11 is 0. The molecule has 2 aromatic carbocycles. The highest BCUT2D eigenvalue weighted by Crippen LogP contribution is 2.25. The number of benzene rings is 2.